The van der Waals surface area contributed by atoms with E-state index in [4.69, 9.17) is 0 Å². The van der Waals surface area contributed by atoms with Crippen molar-refractivity contribution in [3.05, 3.63) is 66.5 Å². The van der Waals surface area contributed by atoms with Crippen LogP contribution >= 0.6 is 0 Å². The molecule has 1 heterocycles. The fourth-order valence-corrected chi connectivity index (χ4v) is 1.55. The summed E-state index contributed by atoms with van der Waals surface area (Å²) in [5.74, 6) is 0. The zero-order valence-electron chi connectivity index (χ0n) is 8.27. The lowest BCUT2D eigenvalue weighted by Gasteiger charge is -2.24. The minimum atomic E-state index is 1.00. The highest BCUT2D eigenvalue weighted by Gasteiger charge is 2.08. The smallest absolute Gasteiger partial charge is 0.0484 e. The molecule has 70 valence electrons. The summed E-state index contributed by atoms with van der Waals surface area (Å²) in [7, 11) is 0. The van der Waals surface area contributed by atoms with Crippen molar-refractivity contribution >= 4 is 5.69 Å². The van der Waals surface area contributed by atoms with Crippen molar-refractivity contribution in [2.75, 3.05) is 4.90 Å². The number of rotatable bonds is 1. The predicted octanol–water partition coefficient (Wildman–Crippen LogP) is 3.40. The summed E-state index contributed by atoms with van der Waals surface area (Å²) in [4.78, 5) is 2.09. The van der Waals surface area contributed by atoms with Crippen LogP contribution in [-0.2, 0) is 0 Å². The SMILES string of the molecule is C=C1C=CC=CN1c1ccccc1C. The molecule has 0 radical (unpaired) electrons. The lowest BCUT2D eigenvalue weighted by atomic mass is 10.1. The highest BCUT2D eigenvalue weighted by molar-refractivity contribution is 5.62. The van der Waals surface area contributed by atoms with Gasteiger partial charge in [0.2, 0.25) is 0 Å². The largest absolute Gasteiger partial charge is 0.318 e. The maximum absolute atomic E-state index is 4.00. The number of aryl methyl sites for hydroxylation is 1. The Kier molecular flexibility index (Phi) is 2.23. The van der Waals surface area contributed by atoms with Crippen LogP contribution in [0.25, 0.3) is 0 Å². The van der Waals surface area contributed by atoms with Crippen LogP contribution < -0.4 is 4.90 Å². The summed E-state index contributed by atoms with van der Waals surface area (Å²) in [6, 6.07) is 8.30. The molecule has 0 aliphatic carbocycles. The van der Waals surface area contributed by atoms with Gasteiger partial charge in [-0.3, -0.25) is 0 Å². The molecule has 1 nitrogen and oxygen atoms in total. The summed E-state index contributed by atoms with van der Waals surface area (Å²) in [6.45, 7) is 6.11. The third kappa shape index (κ3) is 1.49. The first-order valence-electron chi connectivity index (χ1n) is 4.67. The maximum Gasteiger partial charge on any atom is 0.0484 e. The van der Waals surface area contributed by atoms with E-state index in [-0.39, 0.29) is 0 Å². The zero-order valence-corrected chi connectivity index (χ0v) is 8.27. The predicted molar refractivity (Wildman–Crippen MR) is 61.1 cm³/mol. The summed E-state index contributed by atoms with van der Waals surface area (Å²) in [5, 5.41) is 0. The molecule has 1 aromatic rings. The highest BCUT2D eigenvalue weighted by atomic mass is 15.1. The van der Waals surface area contributed by atoms with E-state index in [0.29, 0.717) is 0 Å². The fourth-order valence-electron chi connectivity index (χ4n) is 1.55. The highest BCUT2D eigenvalue weighted by Crippen LogP contribution is 2.25. The lowest BCUT2D eigenvalue weighted by molar-refractivity contribution is 1.18. The molecular weight excluding hydrogens is 170 g/mol. The molecule has 0 atom stereocenters. The number of allylic oxidation sites excluding steroid dienone is 3. The van der Waals surface area contributed by atoms with Crippen molar-refractivity contribution in [2.45, 2.75) is 6.92 Å². The Morgan fingerprint density at radius 2 is 1.93 bits per heavy atom. The van der Waals surface area contributed by atoms with Gasteiger partial charge in [-0.15, -0.1) is 0 Å². The normalized spacial score (nSPS) is 14.9. The molecule has 1 aliphatic heterocycles. The van der Waals surface area contributed by atoms with Crippen LogP contribution in [-0.4, -0.2) is 0 Å². The first kappa shape index (κ1) is 8.82. The molecule has 0 spiro atoms. The van der Waals surface area contributed by atoms with Crippen LogP contribution in [0.4, 0.5) is 5.69 Å². The quantitative estimate of drug-likeness (QED) is 0.645. The van der Waals surface area contributed by atoms with E-state index >= 15 is 0 Å². The Labute approximate surface area is 84.7 Å². The van der Waals surface area contributed by atoms with Crippen LogP contribution in [0.3, 0.4) is 0 Å². The molecule has 1 aliphatic rings. The second-order valence-electron chi connectivity index (χ2n) is 3.35. The van der Waals surface area contributed by atoms with Gasteiger partial charge in [-0.25, -0.2) is 0 Å². The average molecular weight is 183 g/mol. The molecule has 1 heteroatoms. The zero-order chi connectivity index (χ0) is 9.97. The second-order valence-corrected chi connectivity index (χ2v) is 3.35. The molecule has 0 bridgehead atoms. The third-order valence-corrected chi connectivity index (χ3v) is 2.32. The lowest BCUT2D eigenvalue weighted by Crippen LogP contribution is -2.15. The van der Waals surface area contributed by atoms with Gasteiger partial charge in [-0.05, 0) is 30.7 Å². The van der Waals surface area contributed by atoms with Crippen LogP contribution in [0, 0.1) is 6.92 Å². The third-order valence-electron chi connectivity index (χ3n) is 2.32. The van der Waals surface area contributed by atoms with Gasteiger partial charge in [0.25, 0.3) is 0 Å². The second kappa shape index (κ2) is 3.54. The molecule has 0 fully saturated rings. The van der Waals surface area contributed by atoms with Crippen LogP contribution in [0.15, 0.2) is 61.0 Å². The number of benzene rings is 1. The van der Waals surface area contributed by atoms with Crippen molar-refractivity contribution < 1.29 is 0 Å². The van der Waals surface area contributed by atoms with Gasteiger partial charge in [-0.2, -0.15) is 0 Å². The van der Waals surface area contributed by atoms with Gasteiger partial charge >= 0.3 is 0 Å². The monoisotopic (exact) mass is 183 g/mol. The van der Waals surface area contributed by atoms with Crippen LogP contribution in [0.2, 0.25) is 0 Å². The van der Waals surface area contributed by atoms with E-state index < -0.39 is 0 Å². The first-order chi connectivity index (χ1) is 6.79. The molecule has 2 rings (SSSR count). The Hall–Kier alpha value is -1.76. The van der Waals surface area contributed by atoms with Crippen molar-refractivity contribution in [1.82, 2.24) is 0 Å². The summed E-state index contributed by atoms with van der Waals surface area (Å²) >= 11 is 0. The van der Waals surface area contributed by atoms with E-state index in [1.54, 1.807) is 0 Å². The molecular formula is C13H13N. The first-order valence-corrected chi connectivity index (χ1v) is 4.67. The van der Waals surface area contributed by atoms with Gasteiger partial charge in [0.05, 0.1) is 0 Å². The summed E-state index contributed by atoms with van der Waals surface area (Å²) in [5.41, 5.74) is 3.45. The Balaban J connectivity index is 2.41. The van der Waals surface area contributed by atoms with Crippen LogP contribution in [0.5, 0.6) is 0 Å². The number of hydrogen-bond acceptors (Lipinski definition) is 1. The van der Waals surface area contributed by atoms with E-state index in [1.165, 1.54) is 11.3 Å². The van der Waals surface area contributed by atoms with Crippen molar-refractivity contribution in [2.24, 2.45) is 0 Å². The van der Waals surface area contributed by atoms with Crippen molar-refractivity contribution in [1.29, 1.82) is 0 Å². The fraction of sp³-hybridized carbons (Fsp3) is 0.0769. The van der Waals surface area contributed by atoms with Gasteiger partial charge in [-0.1, -0.05) is 30.9 Å². The van der Waals surface area contributed by atoms with Crippen molar-refractivity contribution in [3.8, 4) is 0 Å². The minimum absolute atomic E-state index is 1.00. The Bertz CT molecular complexity index is 413. The topological polar surface area (TPSA) is 3.24 Å². The van der Waals surface area contributed by atoms with E-state index in [9.17, 15) is 0 Å². The Morgan fingerprint density at radius 3 is 2.64 bits per heavy atom. The maximum atomic E-state index is 4.00. The van der Waals surface area contributed by atoms with E-state index in [2.05, 4.69) is 30.5 Å². The Morgan fingerprint density at radius 1 is 1.14 bits per heavy atom. The van der Waals surface area contributed by atoms with Gasteiger partial charge in [0, 0.05) is 17.6 Å². The van der Waals surface area contributed by atoms with Gasteiger partial charge in [0.15, 0.2) is 0 Å². The van der Waals surface area contributed by atoms with Crippen LogP contribution in [0.1, 0.15) is 5.56 Å². The van der Waals surface area contributed by atoms with Gasteiger partial charge in [0.1, 0.15) is 0 Å². The molecule has 0 unspecified atom stereocenters. The van der Waals surface area contributed by atoms with E-state index in [0.717, 1.165) is 5.70 Å². The number of para-hydroxylation sites is 1. The average Bonchev–Trinajstić information content (AvgIpc) is 2.20. The number of hydrogen-bond donors (Lipinski definition) is 0. The van der Waals surface area contributed by atoms with Gasteiger partial charge < -0.3 is 4.90 Å². The number of nitrogens with zero attached hydrogens (tertiary/aromatic N) is 1. The minimum Gasteiger partial charge on any atom is -0.318 e. The summed E-state index contributed by atoms with van der Waals surface area (Å²) < 4.78 is 0. The standard InChI is InChI=1S/C13H13N/c1-11-7-3-4-9-13(11)14-10-6-5-8-12(14)2/h3-10H,2H2,1H3. The molecule has 0 amide bonds. The summed E-state index contributed by atoms with van der Waals surface area (Å²) in [6.07, 6.45) is 8.05. The molecule has 14 heavy (non-hydrogen) atoms. The van der Waals surface area contributed by atoms with E-state index in [1.807, 2.05) is 36.6 Å². The molecule has 0 saturated heterocycles. The molecule has 0 N–H and O–H groups in total. The molecule has 1 aromatic carbocycles. The number of anilines is 1. The molecule has 0 aromatic heterocycles. The van der Waals surface area contributed by atoms with Crippen molar-refractivity contribution in [3.63, 3.8) is 0 Å². The molecule has 0 saturated carbocycles.